The molecule has 0 aromatic heterocycles. The molecule has 0 radical (unpaired) electrons. The highest BCUT2D eigenvalue weighted by atomic mass is 32.2. The Kier molecular flexibility index (Phi) is 4.89. The summed E-state index contributed by atoms with van der Waals surface area (Å²) in [6, 6.07) is 4.75. The van der Waals surface area contributed by atoms with Crippen molar-refractivity contribution in [2.24, 2.45) is 0 Å². The van der Waals surface area contributed by atoms with E-state index >= 15 is 0 Å². The average molecular weight is 269 g/mol. The fourth-order valence-electron chi connectivity index (χ4n) is 2.09. The smallest absolute Gasteiger partial charge is 0.123 e. The number of benzene rings is 1. The van der Waals surface area contributed by atoms with Crippen LogP contribution in [0.15, 0.2) is 18.2 Å². The van der Waals surface area contributed by atoms with Crippen molar-refractivity contribution >= 4 is 11.8 Å². The van der Waals surface area contributed by atoms with Crippen molar-refractivity contribution in [3.05, 3.63) is 29.6 Å². The van der Waals surface area contributed by atoms with E-state index in [0.29, 0.717) is 5.25 Å². The lowest BCUT2D eigenvalue weighted by Crippen LogP contribution is -2.31. The maximum atomic E-state index is 13.0. The van der Waals surface area contributed by atoms with Gasteiger partial charge in [0, 0.05) is 23.8 Å². The van der Waals surface area contributed by atoms with Crippen molar-refractivity contribution in [3.8, 4) is 5.75 Å². The van der Waals surface area contributed by atoms with Gasteiger partial charge in [-0.15, -0.1) is 0 Å². The van der Waals surface area contributed by atoms with Gasteiger partial charge in [-0.25, -0.2) is 4.39 Å². The van der Waals surface area contributed by atoms with Crippen LogP contribution in [-0.4, -0.2) is 30.7 Å². The Bertz CT molecular complexity index is 399. The molecule has 18 heavy (non-hydrogen) atoms. The van der Waals surface area contributed by atoms with Gasteiger partial charge in [0.15, 0.2) is 0 Å². The van der Waals surface area contributed by atoms with E-state index in [0.717, 1.165) is 37.2 Å². The van der Waals surface area contributed by atoms with E-state index in [1.165, 1.54) is 6.07 Å². The fourth-order valence-corrected chi connectivity index (χ4v) is 2.44. The van der Waals surface area contributed by atoms with E-state index < -0.39 is 0 Å². The van der Waals surface area contributed by atoms with Crippen molar-refractivity contribution < 1.29 is 9.13 Å². The summed E-state index contributed by atoms with van der Waals surface area (Å²) in [5.41, 5.74) is 0.985. The summed E-state index contributed by atoms with van der Waals surface area (Å²) in [7, 11) is 0. The van der Waals surface area contributed by atoms with Gasteiger partial charge in [0.1, 0.15) is 17.7 Å². The van der Waals surface area contributed by atoms with Crippen molar-refractivity contribution in [2.45, 2.75) is 31.1 Å². The summed E-state index contributed by atoms with van der Waals surface area (Å²) in [4.78, 5) is 0. The predicted octanol–water partition coefficient (Wildman–Crippen LogP) is 2.86. The van der Waals surface area contributed by atoms with Crippen LogP contribution in [0.5, 0.6) is 5.75 Å². The molecule has 0 saturated carbocycles. The van der Waals surface area contributed by atoms with Gasteiger partial charge >= 0.3 is 0 Å². The molecule has 0 amide bonds. The molecule has 1 N–H and O–H groups in total. The van der Waals surface area contributed by atoms with Crippen LogP contribution in [0, 0.1) is 5.82 Å². The normalized spacial score (nSPS) is 19.4. The monoisotopic (exact) mass is 269 g/mol. The van der Waals surface area contributed by atoms with Gasteiger partial charge in [0.05, 0.1) is 0 Å². The Morgan fingerprint density at radius 1 is 1.56 bits per heavy atom. The molecule has 1 heterocycles. The molecule has 0 fully saturated rings. The van der Waals surface area contributed by atoms with Crippen LogP contribution in [-0.2, 0) is 6.42 Å². The van der Waals surface area contributed by atoms with Crippen LogP contribution >= 0.6 is 11.8 Å². The lowest BCUT2D eigenvalue weighted by atomic mass is 10.1. The number of fused-ring (bicyclic) bond motifs is 1. The fraction of sp³-hybridized carbons (Fsp3) is 0.571. The van der Waals surface area contributed by atoms with Crippen LogP contribution in [0.1, 0.15) is 18.9 Å². The topological polar surface area (TPSA) is 21.3 Å². The number of ether oxygens (including phenoxy) is 1. The van der Waals surface area contributed by atoms with E-state index in [2.05, 4.69) is 18.5 Å². The summed E-state index contributed by atoms with van der Waals surface area (Å²) in [5, 5.41) is 4.10. The molecule has 100 valence electrons. The summed E-state index contributed by atoms with van der Waals surface area (Å²) < 4.78 is 18.8. The van der Waals surface area contributed by atoms with Gasteiger partial charge in [-0.1, -0.05) is 6.92 Å². The highest BCUT2D eigenvalue weighted by Crippen LogP contribution is 2.28. The summed E-state index contributed by atoms with van der Waals surface area (Å²) in [5.74, 6) is 0.653. The highest BCUT2D eigenvalue weighted by Gasteiger charge is 2.22. The number of hydrogen-bond acceptors (Lipinski definition) is 3. The zero-order valence-corrected chi connectivity index (χ0v) is 11.7. The van der Waals surface area contributed by atoms with Crippen molar-refractivity contribution in [1.29, 1.82) is 0 Å². The molecule has 2 nitrogen and oxygen atoms in total. The zero-order chi connectivity index (χ0) is 13.0. The Labute approximate surface area is 112 Å². The van der Waals surface area contributed by atoms with Crippen LogP contribution in [0.4, 0.5) is 4.39 Å². The lowest BCUT2D eigenvalue weighted by molar-refractivity contribution is 0.227. The minimum absolute atomic E-state index is 0.145. The standard InChI is InChI=1S/C14H20FNOS/c1-10(18-2)5-6-16-9-13-8-11-7-12(15)3-4-14(11)17-13/h3-4,7,10,13,16H,5-6,8-9H2,1-2H3. The maximum absolute atomic E-state index is 13.0. The summed E-state index contributed by atoms with van der Waals surface area (Å²) in [6.45, 7) is 4.07. The third-order valence-corrected chi connectivity index (χ3v) is 4.31. The number of nitrogens with one attached hydrogen (secondary N) is 1. The molecule has 1 aliphatic rings. The molecule has 1 aliphatic heterocycles. The maximum Gasteiger partial charge on any atom is 0.123 e. The summed E-state index contributed by atoms with van der Waals surface area (Å²) >= 11 is 1.89. The SMILES string of the molecule is CSC(C)CCNCC1Cc2cc(F)ccc2O1. The van der Waals surface area contributed by atoms with Gasteiger partial charge in [-0.2, -0.15) is 11.8 Å². The van der Waals surface area contributed by atoms with E-state index in [9.17, 15) is 4.39 Å². The third-order valence-electron chi connectivity index (χ3n) is 3.27. The first-order valence-corrected chi connectivity index (χ1v) is 7.66. The first kappa shape index (κ1) is 13.7. The Morgan fingerprint density at radius 2 is 2.39 bits per heavy atom. The molecular weight excluding hydrogens is 249 g/mol. The molecular formula is C14H20FNOS. The summed E-state index contributed by atoms with van der Waals surface area (Å²) in [6.07, 6.45) is 4.25. The molecule has 0 saturated heterocycles. The first-order chi connectivity index (χ1) is 8.69. The van der Waals surface area contributed by atoms with Crippen LogP contribution in [0.3, 0.4) is 0 Å². The molecule has 2 rings (SSSR count). The quantitative estimate of drug-likeness (QED) is 0.802. The molecule has 0 spiro atoms. The molecule has 1 aromatic carbocycles. The van der Waals surface area contributed by atoms with Crippen LogP contribution in [0.2, 0.25) is 0 Å². The number of hydrogen-bond donors (Lipinski definition) is 1. The molecule has 0 aliphatic carbocycles. The average Bonchev–Trinajstić information content (AvgIpc) is 2.76. The Hall–Kier alpha value is -0.740. The van der Waals surface area contributed by atoms with E-state index in [4.69, 9.17) is 4.74 Å². The second kappa shape index (κ2) is 6.43. The Morgan fingerprint density at radius 3 is 3.17 bits per heavy atom. The Balaban J connectivity index is 1.71. The van der Waals surface area contributed by atoms with E-state index in [-0.39, 0.29) is 11.9 Å². The number of halogens is 1. The van der Waals surface area contributed by atoms with Gasteiger partial charge in [-0.05, 0) is 37.4 Å². The van der Waals surface area contributed by atoms with Crippen molar-refractivity contribution in [1.82, 2.24) is 5.32 Å². The van der Waals surface area contributed by atoms with E-state index in [1.54, 1.807) is 12.1 Å². The second-order valence-corrected chi connectivity index (χ2v) is 6.01. The van der Waals surface area contributed by atoms with Gasteiger partial charge in [-0.3, -0.25) is 0 Å². The zero-order valence-electron chi connectivity index (χ0n) is 10.9. The largest absolute Gasteiger partial charge is 0.488 e. The molecule has 2 unspecified atom stereocenters. The third kappa shape index (κ3) is 3.62. The minimum Gasteiger partial charge on any atom is -0.488 e. The molecule has 4 heteroatoms. The highest BCUT2D eigenvalue weighted by molar-refractivity contribution is 7.99. The van der Waals surface area contributed by atoms with Crippen LogP contribution in [0.25, 0.3) is 0 Å². The second-order valence-electron chi connectivity index (χ2n) is 4.74. The molecule has 0 bridgehead atoms. The predicted molar refractivity (Wildman–Crippen MR) is 75.0 cm³/mol. The van der Waals surface area contributed by atoms with Gasteiger partial charge in [0.2, 0.25) is 0 Å². The van der Waals surface area contributed by atoms with Gasteiger partial charge in [0.25, 0.3) is 0 Å². The lowest BCUT2D eigenvalue weighted by Gasteiger charge is -2.13. The van der Waals surface area contributed by atoms with Crippen molar-refractivity contribution in [2.75, 3.05) is 19.3 Å². The van der Waals surface area contributed by atoms with E-state index in [1.807, 2.05) is 11.8 Å². The minimum atomic E-state index is -0.181. The number of thioether (sulfide) groups is 1. The molecule has 2 atom stereocenters. The first-order valence-electron chi connectivity index (χ1n) is 6.37. The van der Waals surface area contributed by atoms with Crippen LogP contribution < -0.4 is 10.1 Å². The van der Waals surface area contributed by atoms with Gasteiger partial charge < -0.3 is 10.1 Å². The molecule has 1 aromatic rings. The number of rotatable bonds is 6. The van der Waals surface area contributed by atoms with Crippen molar-refractivity contribution in [3.63, 3.8) is 0 Å².